The van der Waals surface area contributed by atoms with Gasteiger partial charge in [-0.15, -0.1) is 5.10 Å². The Kier molecular flexibility index (Phi) is 6.08. The number of carbonyl (C=O) groups is 1. The minimum absolute atomic E-state index is 0.00700. The number of nitrogens with zero attached hydrogens (tertiary/aromatic N) is 4. The van der Waals surface area contributed by atoms with E-state index in [9.17, 15) is 4.79 Å². The molecule has 0 fully saturated rings. The van der Waals surface area contributed by atoms with Crippen LogP contribution in [0.2, 0.25) is 0 Å². The largest absolute Gasteiger partial charge is 0.494 e. The smallest absolute Gasteiger partial charge is 0.254 e. The van der Waals surface area contributed by atoms with E-state index in [-0.39, 0.29) is 11.9 Å². The Bertz CT molecular complexity index is 982. The minimum Gasteiger partial charge on any atom is -0.494 e. The number of hydrogen-bond acceptors (Lipinski definition) is 6. The summed E-state index contributed by atoms with van der Waals surface area (Å²) in [5.41, 5.74) is 9.56. The Morgan fingerprint density at radius 2 is 2.07 bits per heavy atom. The zero-order valence-electron chi connectivity index (χ0n) is 16.5. The van der Waals surface area contributed by atoms with Gasteiger partial charge in [0.25, 0.3) is 5.78 Å². The molecule has 0 saturated carbocycles. The highest BCUT2D eigenvalue weighted by atomic mass is 16.5. The normalized spacial score (nSPS) is 11.0. The van der Waals surface area contributed by atoms with Gasteiger partial charge in [-0.3, -0.25) is 4.79 Å². The van der Waals surface area contributed by atoms with Gasteiger partial charge in [-0.25, -0.2) is 4.98 Å². The molecule has 0 bridgehead atoms. The summed E-state index contributed by atoms with van der Waals surface area (Å²) < 4.78 is 7.31. The van der Waals surface area contributed by atoms with Gasteiger partial charge in [0.15, 0.2) is 0 Å². The quantitative estimate of drug-likeness (QED) is 0.578. The molecule has 3 N–H and O–H groups in total. The van der Waals surface area contributed by atoms with Crippen LogP contribution < -0.4 is 15.8 Å². The molecule has 0 saturated heterocycles. The van der Waals surface area contributed by atoms with E-state index in [0.29, 0.717) is 31.8 Å². The van der Waals surface area contributed by atoms with Gasteiger partial charge in [-0.05, 0) is 56.9 Å². The Hall–Kier alpha value is -3.16. The van der Waals surface area contributed by atoms with Gasteiger partial charge in [-0.1, -0.05) is 12.1 Å². The highest BCUT2D eigenvalue weighted by Gasteiger charge is 2.13. The van der Waals surface area contributed by atoms with E-state index in [4.69, 9.17) is 10.5 Å². The van der Waals surface area contributed by atoms with Gasteiger partial charge in [-0.2, -0.15) is 9.50 Å². The number of benzene rings is 1. The van der Waals surface area contributed by atoms with Crippen molar-refractivity contribution in [3.63, 3.8) is 0 Å². The van der Waals surface area contributed by atoms with Crippen molar-refractivity contribution in [3.8, 4) is 5.75 Å². The average Bonchev–Trinajstić information content (AvgIpc) is 3.01. The minimum atomic E-state index is 0.00700. The lowest BCUT2D eigenvalue weighted by Crippen LogP contribution is -2.26. The molecule has 0 aliphatic heterocycles. The second kappa shape index (κ2) is 8.69. The molecule has 0 aliphatic carbocycles. The molecule has 28 heavy (non-hydrogen) atoms. The fourth-order valence-electron chi connectivity index (χ4n) is 3.11. The van der Waals surface area contributed by atoms with E-state index < -0.39 is 0 Å². The lowest BCUT2D eigenvalue weighted by molar-refractivity contribution is -0.121. The third-order valence-corrected chi connectivity index (χ3v) is 4.57. The van der Waals surface area contributed by atoms with E-state index in [2.05, 4.69) is 20.4 Å². The van der Waals surface area contributed by atoms with E-state index in [1.165, 1.54) is 0 Å². The molecular weight excluding hydrogens is 356 g/mol. The Balaban J connectivity index is 1.44. The molecule has 2 heterocycles. The van der Waals surface area contributed by atoms with Crippen LogP contribution in [0.25, 0.3) is 5.78 Å². The first-order valence-electron chi connectivity index (χ1n) is 9.38. The molecule has 3 rings (SSSR count). The first-order chi connectivity index (χ1) is 13.4. The van der Waals surface area contributed by atoms with Crippen molar-refractivity contribution in [1.29, 1.82) is 0 Å². The molecule has 0 radical (unpaired) electrons. The molecule has 1 amide bonds. The molecule has 148 valence electrons. The molecular formula is C20H26N6O2. The van der Waals surface area contributed by atoms with Crippen molar-refractivity contribution in [2.45, 2.75) is 40.0 Å². The fourth-order valence-corrected chi connectivity index (χ4v) is 3.11. The second-order valence-corrected chi connectivity index (χ2v) is 6.81. The van der Waals surface area contributed by atoms with Crippen LogP contribution in [0.4, 0.5) is 5.95 Å². The standard InChI is InChI=1S/C20H26N6O2/c1-13-6-4-7-16(12-13)28-11-5-10-22-18(27)9-8-17-14(2)23-20-24-19(21)25-26(20)15(17)3/h4,6-7,12H,5,8-11H2,1-3H3,(H2,21,25)(H,22,27). The number of amides is 1. The first kappa shape index (κ1) is 19.6. The van der Waals surface area contributed by atoms with Crippen LogP contribution in [0.3, 0.4) is 0 Å². The zero-order valence-corrected chi connectivity index (χ0v) is 16.5. The number of aryl methyl sites for hydroxylation is 3. The zero-order chi connectivity index (χ0) is 20.1. The predicted octanol–water partition coefficient (Wildman–Crippen LogP) is 2.15. The maximum absolute atomic E-state index is 12.2. The molecule has 2 aromatic heterocycles. The van der Waals surface area contributed by atoms with Gasteiger partial charge >= 0.3 is 0 Å². The fraction of sp³-hybridized carbons (Fsp3) is 0.400. The predicted molar refractivity (Wildman–Crippen MR) is 107 cm³/mol. The summed E-state index contributed by atoms with van der Waals surface area (Å²) >= 11 is 0. The van der Waals surface area contributed by atoms with Gasteiger partial charge in [0.2, 0.25) is 11.9 Å². The number of ether oxygens (including phenoxy) is 1. The van der Waals surface area contributed by atoms with Gasteiger partial charge in [0.05, 0.1) is 6.61 Å². The molecule has 0 atom stereocenters. The molecule has 8 heteroatoms. The summed E-state index contributed by atoms with van der Waals surface area (Å²) in [7, 11) is 0. The van der Waals surface area contributed by atoms with Crippen molar-refractivity contribution < 1.29 is 9.53 Å². The summed E-state index contributed by atoms with van der Waals surface area (Å²) in [4.78, 5) is 20.7. The molecule has 0 unspecified atom stereocenters. The lowest BCUT2D eigenvalue weighted by atomic mass is 10.1. The summed E-state index contributed by atoms with van der Waals surface area (Å²) in [6.45, 7) is 7.02. The van der Waals surface area contributed by atoms with E-state index in [1.54, 1.807) is 4.52 Å². The molecule has 0 aliphatic rings. The number of rotatable bonds is 8. The Morgan fingerprint density at radius 1 is 1.25 bits per heavy atom. The van der Waals surface area contributed by atoms with Crippen LogP contribution in [0.15, 0.2) is 24.3 Å². The first-order valence-corrected chi connectivity index (χ1v) is 9.38. The number of anilines is 1. The number of nitrogen functional groups attached to an aromatic ring is 1. The number of fused-ring (bicyclic) bond motifs is 1. The maximum Gasteiger partial charge on any atom is 0.254 e. The topological polar surface area (TPSA) is 107 Å². The third-order valence-electron chi connectivity index (χ3n) is 4.57. The average molecular weight is 382 g/mol. The lowest BCUT2D eigenvalue weighted by Gasteiger charge is -2.11. The number of nitrogens with one attached hydrogen (secondary N) is 1. The van der Waals surface area contributed by atoms with Crippen LogP contribution >= 0.6 is 0 Å². The van der Waals surface area contributed by atoms with Crippen molar-refractivity contribution >= 4 is 17.6 Å². The second-order valence-electron chi connectivity index (χ2n) is 6.81. The van der Waals surface area contributed by atoms with Gasteiger partial charge in [0.1, 0.15) is 5.75 Å². The van der Waals surface area contributed by atoms with E-state index in [1.807, 2.05) is 45.0 Å². The highest BCUT2D eigenvalue weighted by Crippen LogP contribution is 2.16. The number of carbonyl (C=O) groups excluding carboxylic acids is 1. The highest BCUT2D eigenvalue weighted by molar-refractivity contribution is 5.76. The third kappa shape index (κ3) is 4.76. The van der Waals surface area contributed by atoms with Crippen molar-refractivity contribution in [2.24, 2.45) is 0 Å². The SMILES string of the molecule is Cc1cccc(OCCCNC(=O)CCc2c(C)nc3nc(N)nn3c2C)c1. The van der Waals surface area contributed by atoms with Gasteiger partial charge in [0, 0.05) is 24.4 Å². The maximum atomic E-state index is 12.2. The summed E-state index contributed by atoms with van der Waals surface area (Å²) in [6, 6.07) is 7.93. The van der Waals surface area contributed by atoms with Crippen molar-refractivity contribution in [1.82, 2.24) is 24.9 Å². The van der Waals surface area contributed by atoms with Crippen LogP contribution in [-0.4, -0.2) is 38.6 Å². The Labute approximate surface area is 164 Å². The summed E-state index contributed by atoms with van der Waals surface area (Å²) in [5, 5.41) is 7.09. The molecule has 1 aromatic carbocycles. The van der Waals surface area contributed by atoms with Crippen LogP contribution in [0.5, 0.6) is 5.75 Å². The van der Waals surface area contributed by atoms with Crippen LogP contribution in [-0.2, 0) is 11.2 Å². The molecule has 3 aromatic rings. The summed E-state index contributed by atoms with van der Waals surface area (Å²) in [6.07, 6.45) is 1.73. The van der Waals surface area contributed by atoms with E-state index in [0.717, 1.165) is 34.7 Å². The monoisotopic (exact) mass is 382 g/mol. The Morgan fingerprint density at radius 3 is 2.86 bits per heavy atom. The van der Waals surface area contributed by atoms with E-state index >= 15 is 0 Å². The number of nitrogens with two attached hydrogens (primary N) is 1. The van der Waals surface area contributed by atoms with Gasteiger partial charge < -0.3 is 15.8 Å². The molecule has 0 spiro atoms. The number of hydrogen-bond donors (Lipinski definition) is 2. The van der Waals surface area contributed by atoms with Crippen molar-refractivity contribution in [2.75, 3.05) is 18.9 Å². The van der Waals surface area contributed by atoms with Crippen LogP contribution in [0.1, 0.15) is 35.4 Å². The number of aromatic nitrogens is 4. The summed E-state index contributed by atoms with van der Waals surface area (Å²) in [5.74, 6) is 1.54. The van der Waals surface area contributed by atoms with Crippen molar-refractivity contribution in [3.05, 3.63) is 46.8 Å². The molecule has 8 nitrogen and oxygen atoms in total. The van der Waals surface area contributed by atoms with Crippen LogP contribution in [0, 0.1) is 20.8 Å².